The van der Waals surface area contributed by atoms with Gasteiger partial charge in [0.2, 0.25) is 0 Å². The van der Waals surface area contributed by atoms with Crippen molar-refractivity contribution in [3.63, 3.8) is 0 Å². The molecule has 0 unspecified atom stereocenters. The quantitative estimate of drug-likeness (QED) is 0.194. The zero-order valence-corrected chi connectivity index (χ0v) is 24.4. The summed E-state index contributed by atoms with van der Waals surface area (Å²) < 4.78 is 1.09. The lowest BCUT2D eigenvalue weighted by molar-refractivity contribution is 1.32. The third-order valence-corrected chi connectivity index (χ3v) is 8.75. The molecule has 2 heteroatoms. The van der Waals surface area contributed by atoms with Gasteiger partial charge in [0.25, 0.3) is 0 Å². The Bertz CT molecular complexity index is 2280. The van der Waals surface area contributed by atoms with E-state index in [1.807, 2.05) is 0 Å². The molecule has 0 heterocycles. The molecule has 198 valence electrons. The van der Waals surface area contributed by atoms with Gasteiger partial charge in [0, 0.05) is 20.9 Å². The summed E-state index contributed by atoms with van der Waals surface area (Å²) in [6.07, 6.45) is 0. The lowest BCUT2D eigenvalue weighted by atomic mass is 9.95. The topological polar surface area (TPSA) is 3.24 Å². The Balaban J connectivity index is 1.39. The molecular formula is C40H26BrN. The molecule has 0 aromatic heterocycles. The molecule has 0 N–H and O–H groups in total. The van der Waals surface area contributed by atoms with Crippen LogP contribution in [0.25, 0.3) is 54.2 Å². The Hall–Kier alpha value is -4.92. The Morgan fingerprint density at radius 1 is 0.381 bits per heavy atom. The summed E-state index contributed by atoms with van der Waals surface area (Å²) in [5.74, 6) is 0. The number of anilines is 3. The van der Waals surface area contributed by atoms with Crippen molar-refractivity contribution in [1.82, 2.24) is 0 Å². The summed E-state index contributed by atoms with van der Waals surface area (Å²) in [6.45, 7) is 0. The first-order chi connectivity index (χ1) is 20.7. The number of halogens is 1. The summed E-state index contributed by atoms with van der Waals surface area (Å²) in [6, 6.07) is 57.2. The summed E-state index contributed by atoms with van der Waals surface area (Å²) >= 11 is 3.65. The van der Waals surface area contributed by atoms with Gasteiger partial charge in [0.05, 0.1) is 11.4 Å². The predicted molar refractivity (Wildman–Crippen MR) is 184 cm³/mol. The third-order valence-electron chi connectivity index (χ3n) is 8.25. The Morgan fingerprint density at radius 3 is 1.90 bits per heavy atom. The third kappa shape index (κ3) is 4.24. The van der Waals surface area contributed by atoms with E-state index in [-0.39, 0.29) is 0 Å². The standard InChI is InChI=1S/C40H26BrN/c41-33-22-20-28-18-19-31(24-32(28)25-33)35-13-6-15-38-37(35)14-7-17-40(38)42(34-23-21-27-8-1-2-10-30(27)26-34)39-16-5-11-29-9-3-4-12-36(29)39/h1-26H. The molecule has 0 saturated heterocycles. The number of hydrogen-bond donors (Lipinski definition) is 0. The molecule has 0 spiro atoms. The fourth-order valence-corrected chi connectivity index (χ4v) is 6.63. The number of nitrogens with zero attached hydrogens (tertiary/aromatic N) is 1. The maximum Gasteiger partial charge on any atom is 0.0540 e. The molecule has 1 nitrogen and oxygen atoms in total. The van der Waals surface area contributed by atoms with Gasteiger partial charge in [0.1, 0.15) is 0 Å². The zero-order chi connectivity index (χ0) is 28.0. The van der Waals surface area contributed by atoms with Gasteiger partial charge in [-0.2, -0.15) is 0 Å². The van der Waals surface area contributed by atoms with E-state index in [0.29, 0.717) is 0 Å². The van der Waals surface area contributed by atoms with E-state index in [9.17, 15) is 0 Å². The Labute approximate surface area is 253 Å². The van der Waals surface area contributed by atoms with Crippen molar-refractivity contribution in [1.29, 1.82) is 0 Å². The first kappa shape index (κ1) is 24.8. The van der Waals surface area contributed by atoms with Crippen molar-refractivity contribution in [2.24, 2.45) is 0 Å². The van der Waals surface area contributed by atoms with Crippen molar-refractivity contribution < 1.29 is 0 Å². The second-order valence-electron chi connectivity index (χ2n) is 10.7. The van der Waals surface area contributed by atoms with Gasteiger partial charge in [-0.25, -0.2) is 0 Å². The molecular weight excluding hydrogens is 574 g/mol. The molecule has 8 aromatic rings. The van der Waals surface area contributed by atoms with E-state index in [0.717, 1.165) is 21.5 Å². The van der Waals surface area contributed by atoms with Gasteiger partial charge >= 0.3 is 0 Å². The van der Waals surface area contributed by atoms with Crippen LogP contribution in [0.2, 0.25) is 0 Å². The van der Waals surface area contributed by atoms with Crippen LogP contribution in [0.5, 0.6) is 0 Å². The van der Waals surface area contributed by atoms with Crippen LogP contribution in [0.1, 0.15) is 0 Å². The van der Waals surface area contributed by atoms with Crippen molar-refractivity contribution in [2.45, 2.75) is 0 Å². The maximum absolute atomic E-state index is 3.65. The second kappa shape index (κ2) is 10.2. The van der Waals surface area contributed by atoms with Crippen molar-refractivity contribution in [3.8, 4) is 11.1 Å². The van der Waals surface area contributed by atoms with Crippen molar-refractivity contribution in [3.05, 3.63) is 162 Å². The predicted octanol–water partition coefficient (Wildman–Crippen LogP) is 12.2. The maximum atomic E-state index is 3.65. The zero-order valence-electron chi connectivity index (χ0n) is 22.8. The molecule has 8 aromatic carbocycles. The second-order valence-corrected chi connectivity index (χ2v) is 11.7. The smallest absolute Gasteiger partial charge is 0.0540 e. The average Bonchev–Trinajstić information content (AvgIpc) is 3.04. The molecule has 0 aliphatic heterocycles. The number of fused-ring (bicyclic) bond motifs is 4. The van der Waals surface area contributed by atoms with Gasteiger partial charge in [-0.3, -0.25) is 0 Å². The first-order valence-electron chi connectivity index (χ1n) is 14.2. The summed E-state index contributed by atoms with van der Waals surface area (Å²) in [5, 5.41) is 9.82. The van der Waals surface area contributed by atoms with E-state index < -0.39 is 0 Å². The van der Waals surface area contributed by atoms with Crippen LogP contribution in [0.15, 0.2) is 162 Å². The normalized spacial score (nSPS) is 11.5. The lowest BCUT2D eigenvalue weighted by Gasteiger charge is -2.28. The first-order valence-corrected chi connectivity index (χ1v) is 15.0. The summed E-state index contributed by atoms with van der Waals surface area (Å²) in [4.78, 5) is 2.43. The van der Waals surface area contributed by atoms with E-state index in [4.69, 9.17) is 0 Å². The van der Waals surface area contributed by atoms with Crippen LogP contribution in [0.4, 0.5) is 17.1 Å². The van der Waals surface area contributed by atoms with Gasteiger partial charge in [-0.1, -0.05) is 131 Å². The van der Waals surface area contributed by atoms with Crippen LogP contribution < -0.4 is 4.90 Å². The van der Waals surface area contributed by atoms with Crippen LogP contribution in [-0.2, 0) is 0 Å². The number of benzene rings is 8. The van der Waals surface area contributed by atoms with E-state index in [2.05, 4.69) is 179 Å². The minimum atomic E-state index is 1.09. The largest absolute Gasteiger partial charge is 0.309 e. The molecule has 0 radical (unpaired) electrons. The van der Waals surface area contributed by atoms with E-state index in [1.54, 1.807) is 0 Å². The minimum absolute atomic E-state index is 1.09. The van der Waals surface area contributed by atoms with Crippen molar-refractivity contribution in [2.75, 3.05) is 4.90 Å². The van der Waals surface area contributed by atoms with Gasteiger partial charge in [-0.15, -0.1) is 0 Å². The van der Waals surface area contributed by atoms with Crippen LogP contribution >= 0.6 is 15.9 Å². The van der Waals surface area contributed by atoms with Crippen LogP contribution in [0, 0.1) is 0 Å². The highest BCUT2D eigenvalue weighted by molar-refractivity contribution is 9.10. The highest BCUT2D eigenvalue weighted by Crippen LogP contribution is 2.44. The molecule has 0 saturated carbocycles. The van der Waals surface area contributed by atoms with Gasteiger partial charge in [-0.05, 0) is 85.9 Å². The van der Waals surface area contributed by atoms with Crippen LogP contribution in [0.3, 0.4) is 0 Å². The fourth-order valence-electron chi connectivity index (χ4n) is 6.25. The monoisotopic (exact) mass is 599 g/mol. The molecule has 0 atom stereocenters. The molecule has 0 amide bonds. The van der Waals surface area contributed by atoms with Crippen LogP contribution in [-0.4, -0.2) is 0 Å². The van der Waals surface area contributed by atoms with Crippen molar-refractivity contribution >= 4 is 76.1 Å². The van der Waals surface area contributed by atoms with Gasteiger partial charge in [0.15, 0.2) is 0 Å². The molecule has 8 rings (SSSR count). The highest BCUT2D eigenvalue weighted by Gasteiger charge is 2.19. The Kier molecular flexibility index (Phi) is 6.01. The average molecular weight is 601 g/mol. The summed E-state index contributed by atoms with van der Waals surface area (Å²) in [7, 11) is 0. The SMILES string of the molecule is Brc1ccc2ccc(-c3cccc4c(N(c5ccc6ccccc6c5)c5cccc6ccccc56)cccc34)cc2c1. The summed E-state index contributed by atoms with van der Waals surface area (Å²) in [5.41, 5.74) is 5.90. The lowest BCUT2D eigenvalue weighted by Crippen LogP contribution is -2.11. The number of rotatable bonds is 4. The van der Waals surface area contributed by atoms with E-state index in [1.165, 1.54) is 54.2 Å². The fraction of sp³-hybridized carbons (Fsp3) is 0. The Morgan fingerprint density at radius 2 is 1.00 bits per heavy atom. The minimum Gasteiger partial charge on any atom is -0.309 e. The molecule has 42 heavy (non-hydrogen) atoms. The molecule has 0 bridgehead atoms. The van der Waals surface area contributed by atoms with E-state index >= 15 is 0 Å². The number of hydrogen-bond acceptors (Lipinski definition) is 1. The molecule has 0 fully saturated rings. The molecule has 0 aliphatic rings. The molecule has 0 aliphatic carbocycles. The highest BCUT2D eigenvalue weighted by atomic mass is 79.9. The van der Waals surface area contributed by atoms with Gasteiger partial charge < -0.3 is 4.90 Å².